The van der Waals surface area contributed by atoms with Crippen molar-refractivity contribution in [3.8, 4) is 5.75 Å². The van der Waals surface area contributed by atoms with E-state index in [9.17, 15) is 9.18 Å². The van der Waals surface area contributed by atoms with E-state index >= 15 is 0 Å². The number of methoxy groups -OCH3 is 1. The zero-order chi connectivity index (χ0) is 17.6. The number of rotatable bonds is 7. The third kappa shape index (κ3) is 4.54. The van der Waals surface area contributed by atoms with Crippen molar-refractivity contribution >= 4 is 28.6 Å². The third-order valence-corrected chi connectivity index (χ3v) is 4.86. The molecule has 0 bridgehead atoms. The van der Waals surface area contributed by atoms with Gasteiger partial charge in [-0.2, -0.15) is 0 Å². The maximum atomic E-state index is 12.8. The van der Waals surface area contributed by atoms with Gasteiger partial charge >= 0.3 is 0 Å². The normalized spacial score (nSPS) is 10.8. The van der Waals surface area contributed by atoms with Crippen LogP contribution in [-0.4, -0.2) is 30.3 Å². The van der Waals surface area contributed by atoms with Gasteiger partial charge in [-0.1, -0.05) is 0 Å². The van der Waals surface area contributed by atoms with Gasteiger partial charge in [-0.25, -0.2) is 4.39 Å². The van der Waals surface area contributed by atoms with Crippen molar-refractivity contribution in [2.75, 3.05) is 19.4 Å². The molecular formula is C19H19FN2O2S. The number of thioether (sulfide) groups is 1. The molecule has 0 atom stereocenters. The highest BCUT2D eigenvalue weighted by molar-refractivity contribution is 7.99. The lowest BCUT2D eigenvalue weighted by Crippen LogP contribution is -2.25. The van der Waals surface area contributed by atoms with E-state index in [2.05, 4.69) is 10.3 Å². The summed E-state index contributed by atoms with van der Waals surface area (Å²) in [4.78, 5) is 16.4. The van der Waals surface area contributed by atoms with Crippen LogP contribution in [0.1, 0.15) is 16.9 Å². The number of ether oxygens (including phenoxy) is 1. The molecule has 0 fully saturated rings. The molecule has 0 aliphatic rings. The quantitative estimate of drug-likeness (QED) is 0.491. The van der Waals surface area contributed by atoms with E-state index < -0.39 is 0 Å². The smallest absolute Gasteiger partial charge is 0.267 e. The topological polar surface area (TPSA) is 54.1 Å². The van der Waals surface area contributed by atoms with Gasteiger partial charge in [0, 0.05) is 28.4 Å². The molecule has 1 aromatic heterocycles. The second kappa shape index (κ2) is 8.07. The average Bonchev–Trinajstić information content (AvgIpc) is 3.06. The Morgan fingerprint density at radius 3 is 2.76 bits per heavy atom. The zero-order valence-electron chi connectivity index (χ0n) is 13.8. The first-order chi connectivity index (χ1) is 12.2. The highest BCUT2D eigenvalue weighted by atomic mass is 32.2. The van der Waals surface area contributed by atoms with Gasteiger partial charge in [-0.15, -0.1) is 11.8 Å². The predicted molar refractivity (Wildman–Crippen MR) is 98.9 cm³/mol. The summed E-state index contributed by atoms with van der Waals surface area (Å²) in [5.41, 5.74) is 1.41. The lowest BCUT2D eigenvalue weighted by atomic mass is 10.2. The van der Waals surface area contributed by atoms with Crippen LogP contribution in [0.5, 0.6) is 5.75 Å². The van der Waals surface area contributed by atoms with E-state index in [1.807, 2.05) is 24.3 Å². The van der Waals surface area contributed by atoms with Gasteiger partial charge < -0.3 is 15.0 Å². The molecule has 0 unspecified atom stereocenters. The number of halogens is 1. The van der Waals surface area contributed by atoms with Crippen LogP contribution in [0, 0.1) is 5.82 Å². The van der Waals surface area contributed by atoms with Gasteiger partial charge in [0.15, 0.2) is 0 Å². The minimum absolute atomic E-state index is 0.123. The molecule has 1 amide bonds. The number of benzene rings is 2. The molecule has 2 N–H and O–H groups in total. The molecule has 2 aromatic carbocycles. The van der Waals surface area contributed by atoms with Crippen LogP contribution in [0.4, 0.5) is 4.39 Å². The fourth-order valence-electron chi connectivity index (χ4n) is 2.45. The van der Waals surface area contributed by atoms with E-state index in [0.29, 0.717) is 12.2 Å². The number of amides is 1. The minimum Gasteiger partial charge on any atom is -0.497 e. The Hall–Kier alpha value is -2.47. The number of nitrogens with one attached hydrogen (secondary N) is 2. The Kier molecular flexibility index (Phi) is 5.60. The van der Waals surface area contributed by atoms with Crippen molar-refractivity contribution in [3.63, 3.8) is 0 Å². The Bertz CT molecular complexity index is 861. The number of fused-ring (bicyclic) bond motifs is 1. The summed E-state index contributed by atoms with van der Waals surface area (Å²) in [7, 11) is 1.61. The molecule has 0 aliphatic carbocycles. The first-order valence-electron chi connectivity index (χ1n) is 7.99. The van der Waals surface area contributed by atoms with Gasteiger partial charge in [0.2, 0.25) is 0 Å². The molecule has 6 heteroatoms. The molecule has 1 heterocycles. The number of hydrogen-bond donors (Lipinski definition) is 2. The number of hydrogen-bond acceptors (Lipinski definition) is 3. The van der Waals surface area contributed by atoms with E-state index in [1.54, 1.807) is 31.0 Å². The molecule has 3 rings (SSSR count). The van der Waals surface area contributed by atoms with E-state index in [0.717, 1.165) is 33.7 Å². The van der Waals surface area contributed by atoms with Crippen molar-refractivity contribution in [3.05, 3.63) is 60.0 Å². The summed E-state index contributed by atoms with van der Waals surface area (Å²) in [5.74, 6) is 1.25. The maximum Gasteiger partial charge on any atom is 0.267 e. The molecule has 3 aromatic rings. The Morgan fingerprint density at radius 2 is 2.00 bits per heavy atom. The Labute approximate surface area is 149 Å². The highest BCUT2D eigenvalue weighted by Gasteiger charge is 2.09. The van der Waals surface area contributed by atoms with Crippen molar-refractivity contribution in [1.82, 2.24) is 10.3 Å². The first kappa shape index (κ1) is 17.4. The first-order valence-corrected chi connectivity index (χ1v) is 8.97. The van der Waals surface area contributed by atoms with Crippen molar-refractivity contribution in [2.24, 2.45) is 0 Å². The van der Waals surface area contributed by atoms with Crippen molar-refractivity contribution < 1.29 is 13.9 Å². The summed E-state index contributed by atoms with van der Waals surface area (Å²) < 4.78 is 18.0. The van der Waals surface area contributed by atoms with Gasteiger partial charge in [0.25, 0.3) is 5.91 Å². The van der Waals surface area contributed by atoms with Crippen LogP contribution in [0.15, 0.2) is 53.4 Å². The highest BCUT2D eigenvalue weighted by Crippen LogP contribution is 2.21. The third-order valence-electron chi connectivity index (χ3n) is 3.76. The Morgan fingerprint density at radius 1 is 1.20 bits per heavy atom. The molecule has 0 radical (unpaired) electrons. The van der Waals surface area contributed by atoms with Crippen LogP contribution >= 0.6 is 11.8 Å². The summed E-state index contributed by atoms with van der Waals surface area (Å²) in [5, 5.41) is 3.88. The molecule has 4 nitrogen and oxygen atoms in total. The lowest BCUT2D eigenvalue weighted by Gasteiger charge is -2.04. The Balaban J connectivity index is 1.46. The predicted octanol–water partition coefficient (Wildman–Crippen LogP) is 4.23. The number of aromatic nitrogens is 1. The molecular weight excluding hydrogens is 339 g/mol. The second-order valence-electron chi connectivity index (χ2n) is 5.55. The molecule has 130 valence electrons. The fraction of sp³-hybridized carbons (Fsp3) is 0.211. The number of H-pyrrole nitrogens is 1. The summed E-state index contributed by atoms with van der Waals surface area (Å²) in [6.45, 7) is 0.589. The van der Waals surface area contributed by atoms with Crippen molar-refractivity contribution in [1.29, 1.82) is 0 Å². The van der Waals surface area contributed by atoms with Gasteiger partial charge in [0.1, 0.15) is 17.3 Å². The standard InChI is InChI=1S/C19H19FN2O2S/c1-24-15-6-3-13-11-18(22-17(13)12-15)19(23)21-9-2-10-25-16-7-4-14(20)5-8-16/h3-8,11-12,22H,2,9-10H2,1H3,(H,21,23). The maximum absolute atomic E-state index is 12.8. The zero-order valence-corrected chi connectivity index (χ0v) is 14.7. The van der Waals surface area contributed by atoms with E-state index in [4.69, 9.17) is 4.74 Å². The van der Waals surface area contributed by atoms with Gasteiger partial charge in [-0.05, 0) is 54.6 Å². The lowest BCUT2D eigenvalue weighted by molar-refractivity contribution is 0.0949. The van der Waals surface area contributed by atoms with Gasteiger partial charge in [-0.3, -0.25) is 4.79 Å². The molecule has 0 saturated heterocycles. The van der Waals surface area contributed by atoms with E-state index in [1.165, 1.54) is 12.1 Å². The monoisotopic (exact) mass is 358 g/mol. The molecule has 25 heavy (non-hydrogen) atoms. The number of aromatic amines is 1. The molecule has 0 saturated carbocycles. The van der Waals surface area contributed by atoms with Crippen LogP contribution in [0.25, 0.3) is 10.9 Å². The average molecular weight is 358 g/mol. The van der Waals surface area contributed by atoms with Crippen LogP contribution in [0.3, 0.4) is 0 Å². The number of carbonyl (C=O) groups is 1. The van der Waals surface area contributed by atoms with Crippen LogP contribution < -0.4 is 10.1 Å². The van der Waals surface area contributed by atoms with Gasteiger partial charge in [0.05, 0.1) is 7.11 Å². The molecule has 0 aliphatic heterocycles. The fourth-order valence-corrected chi connectivity index (χ4v) is 3.30. The molecule has 0 spiro atoms. The number of carbonyl (C=O) groups excluding carboxylic acids is 1. The summed E-state index contributed by atoms with van der Waals surface area (Å²) in [6, 6.07) is 13.9. The summed E-state index contributed by atoms with van der Waals surface area (Å²) >= 11 is 1.64. The van der Waals surface area contributed by atoms with Crippen molar-refractivity contribution in [2.45, 2.75) is 11.3 Å². The van der Waals surface area contributed by atoms with Crippen LogP contribution in [-0.2, 0) is 0 Å². The minimum atomic E-state index is -0.229. The van der Waals surface area contributed by atoms with Crippen LogP contribution in [0.2, 0.25) is 0 Å². The largest absolute Gasteiger partial charge is 0.497 e. The second-order valence-corrected chi connectivity index (χ2v) is 6.72. The SMILES string of the molecule is COc1ccc2cc(C(=O)NCCCSc3ccc(F)cc3)[nH]c2c1. The van der Waals surface area contributed by atoms with E-state index in [-0.39, 0.29) is 11.7 Å². The summed E-state index contributed by atoms with van der Waals surface area (Å²) in [6.07, 6.45) is 0.835.